The van der Waals surface area contributed by atoms with E-state index in [9.17, 15) is 17.6 Å². The van der Waals surface area contributed by atoms with E-state index in [0.717, 1.165) is 30.8 Å². The van der Waals surface area contributed by atoms with Gasteiger partial charge in [0.2, 0.25) is 10.0 Å². The highest BCUT2D eigenvalue weighted by Gasteiger charge is 2.24. The van der Waals surface area contributed by atoms with E-state index in [4.69, 9.17) is 0 Å². The average molecular weight is 492 g/mol. The minimum absolute atomic E-state index is 0.122. The Labute approximate surface area is 201 Å². The minimum Gasteiger partial charge on any atom is -0.337 e. The molecule has 1 aliphatic rings. The minimum atomic E-state index is -3.59. The Morgan fingerprint density at radius 3 is 2.59 bits per heavy atom. The number of urea groups is 1. The fraction of sp³-hybridized carbons (Fsp3) is 0.500. The van der Waals surface area contributed by atoms with Gasteiger partial charge in [-0.15, -0.1) is 0 Å². The zero-order valence-corrected chi connectivity index (χ0v) is 20.4. The smallest absolute Gasteiger partial charge is 0.319 e. The van der Waals surface area contributed by atoms with E-state index >= 15 is 0 Å². The fourth-order valence-electron chi connectivity index (χ4n) is 3.92. The van der Waals surface area contributed by atoms with Crippen LogP contribution in [0.1, 0.15) is 37.4 Å². The maximum atomic E-state index is 12.7. The van der Waals surface area contributed by atoms with Crippen LogP contribution in [0.15, 0.2) is 47.5 Å². The standard InChI is InChI=1S/C24H34FN5O3S/c1-2-20-18-22(9-13-26-20)28-24(31)27-14-17-30-15-10-21(11-16-30)29-34(32,33)23-7-5-19(6-8-23)4-3-12-25/h5-9,13,18,21,29H,2-4,10-12,14-17H2,1H3,(H2,26,27,28,31). The van der Waals surface area contributed by atoms with Crippen LogP contribution < -0.4 is 15.4 Å². The highest BCUT2D eigenvalue weighted by atomic mass is 32.2. The molecule has 3 rings (SSSR count). The zero-order valence-electron chi connectivity index (χ0n) is 19.6. The van der Waals surface area contributed by atoms with Crippen LogP contribution in [-0.2, 0) is 22.9 Å². The number of carbonyl (C=O) groups is 1. The van der Waals surface area contributed by atoms with Gasteiger partial charge in [-0.05, 0) is 75.0 Å². The number of piperidine rings is 1. The molecule has 0 aliphatic carbocycles. The molecule has 186 valence electrons. The van der Waals surface area contributed by atoms with Crippen LogP contribution in [0.25, 0.3) is 0 Å². The van der Waals surface area contributed by atoms with Gasteiger partial charge in [-0.2, -0.15) is 0 Å². The molecule has 1 aromatic heterocycles. The van der Waals surface area contributed by atoms with Crippen molar-refractivity contribution in [3.63, 3.8) is 0 Å². The van der Waals surface area contributed by atoms with Crippen molar-refractivity contribution in [2.75, 3.05) is 38.2 Å². The van der Waals surface area contributed by atoms with Crippen LogP contribution in [0.2, 0.25) is 0 Å². The van der Waals surface area contributed by atoms with Crippen molar-refractivity contribution in [1.82, 2.24) is 19.9 Å². The summed E-state index contributed by atoms with van der Waals surface area (Å²) in [6.07, 6.45) is 4.93. The number of rotatable bonds is 11. The van der Waals surface area contributed by atoms with Crippen molar-refractivity contribution in [2.24, 2.45) is 0 Å². The number of halogens is 1. The van der Waals surface area contributed by atoms with Crippen LogP contribution in [0, 0.1) is 0 Å². The molecule has 0 unspecified atom stereocenters. The highest BCUT2D eigenvalue weighted by molar-refractivity contribution is 7.89. The maximum absolute atomic E-state index is 12.7. The van der Waals surface area contributed by atoms with Crippen molar-refractivity contribution in [2.45, 2.75) is 50.0 Å². The third kappa shape index (κ3) is 8.03. The van der Waals surface area contributed by atoms with Gasteiger partial charge in [0.05, 0.1) is 11.6 Å². The lowest BCUT2D eigenvalue weighted by molar-refractivity contribution is 0.206. The lowest BCUT2D eigenvalue weighted by Crippen LogP contribution is -2.46. The molecular formula is C24H34FN5O3S. The van der Waals surface area contributed by atoms with E-state index < -0.39 is 10.0 Å². The number of carbonyl (C=O) groups excluding carboxylic acids is 1. The molecule has 1 saturated heterocycles. The van der Waals surface area contributed by atoms with Gasteiger partial charge in [-0.3, -0.25) is 9.37 Å². The van der Waals surface area contributed by atoms with E-state index in [0.29, 0.717) is 44.5 Å². The first kappa shape index (κ1) is 26.1. The summed E-state index contributed by atoms with van der Waals surface area (Å²) in [7, 11) is -3.59. The molecule has 1 aliphatic heterocycles. The van der Waals surface area contributed by atoms with Crippen molar-refractivity contribution >= 4 is 21.7 Å². The number of nitrogens with zero attached hydrogens (tertiary/aromatic N) is 2. The summed E-state index contributed by atoms with van der Waals surface area (Å²) in [6, 6.07) is 9.88. The van der Waals surface area contributed by atoms with Crippen LogP contribution in [0.4, 0.5) is 14.9 Å². The van der Waals surface area contributed by atoms with Crippen molar-refractivity contribution in [3.8, 4) is 0 Å². The third-order valence-electron chi connectivity index (χ3n) is 5.89. The number of anilines is 1. The van der Waals surface area contributed by atoms with Gasteiger partial charge in [0.25, 0.3) is 0 Å². The molecule has 0 bridgehead atoms. The molecule has 8 nitrogen and oxygen atoms in total. The Morgan fingerprint density at radius 2 is 1.91 bits per heavy atom. The largest absolute Gasteiger partial charge is 0.337 e. The highest BCUT2D eigenvalue weighted by Crippen LogP contribution is 2.16. The summed E-state index contributed by atoms with van der Waals surface area (Å²) in [5.41, 5.74) is 2.56. The van der Waals surface area contributed by atoms with Crippen LogP contribution in [-0.4, -0.2) is 63.2 Å². The lowest BCUT2D eigenvalue weighted by atomic mass is 10.1. The second-order valence-corrected chi connectivity index (χ2v) is 10.2. The quantitative estimate of drug-likeness (QED) is 0.448. The number of sulfonamides is 1. The number of alkyl halides is 1. The van der Waals surface area contributed by atoms with Crippen LogP contribution in [0.5, 0.6) is 0 Å². The molecule has 1 aromatic carbocycles. The number of hydrogen-bond acceptors (Lipinski definition) is 5. The van der Waals surface area contributed by atoms with E-state index in [1.54, 1.807) is 36.5 Å². The Morgan fingerprint density at radius 1 is 1.18 bits per heavy atom. The molecule has 0 spiro atoms. The Balaban J connectivity index is 1.37. The predicted molar refractivity (Wildman–Crippen MR) is 131 cm³/mol. The number of pyridine rings is 1. The Hall–Kier alpha value is -2.56. The number of likely N-dealkylation sites (tertiary alicyclic amines) is 1. The summed E-state index contributed by atoms with van der Waals surface area (Å²) >= 11 is 0. The first-order valence-corrected chi connectivity index (χ1v) is 13.3. The van der Waals surface area contributed by atoms with Crippen LogP contribution >= 0.6 is 0 Å². The average Bonchev–Trinajstić information content (AvgIpc) is 2.84. The Kier molecular flexibility index (Phi) is 9.79. The zero-order chi connectivity index (χ0) is 24.4. The summed E-state index contributed by atoms with van der Waals surface area (Å²) in [6.45, 7) is 4.34. The predicted octanol–water partition coefficient (Wildman–Crippen LogP) is 3.11. The first-order valence-electron chi connectivity index (χ1n) is 11.8. The molecule has 0 radical (unpaired) electrons. The molecule has 2 amide bonds. The SMILES string of the molecule is CCc1cc(NC(=O)NCCN2CCC(NS(=O)(=O)c3ccc(CCCF)cc3)CC2)ccn1. The molecule has 1 fully saturated rings. The number of aromatic nitrogens is 1. The van der Waals surface area contributed by atoms with E-state index in [1.165, 1.54) is 0 Å². The monoisotopic (exact) mass is 491 g/mol. The molecule has 0 saturated carbocycles. The normalized spacial score (nSPS) is 15.2. The number of amides is 2. The third-order valence-corrected chi connectivity index (χ3v) is 7.43. The Bertz CT molecular complexity index is 1030. The van der Waals surface area contributed by atoms with E-state index in [1.807, 2.05) is 13.0 Å². The van der Waals surface area contributed by atoms with E-state index in [2.05, 4.69) is 25.2 Å². The van der Waals surface area contributed by atoms with Gasteiger partial charge < -0.3 is 15.5 Å². The number of nitrogens with one attached hydrogen (secondary N) is 3. The van der Waals surface area contributed by atoms with E-state index in [-0.39, 0.29) is 23.6 Å². The lowest BCUT2D eigenvalue weighted by Gasteiger charge is -2.32. The molecule has 10 heteroatoms. The number of hydrogen-bond donors (Lipinski definition) is 3. The molecule has 34 heavy (non-hydrogen) atoms. The first-order chi connectivity index (χ1) is 16.4. The number of benzene rings is 1. The second kappa shape index (κ2) is 12.8. The van der Waals surface area contributed by atoms with Gasteiger partial charge >= 0.3 is 6.03 Å². The molecule has 2 heterocycles. The summed E-state index contributed by atoms with van der Waals surface area (Å²) in [5.74, 6) is 0. The van der Waals surface area contributed by atoms with Gasteiger partial charge in [-0.1, -0.05) is 19.1 Å². The van der Waals surface area contributed by atoms with Gasteiger partial charge in [0.1, 0.15) is 0 Å². The topological polar surface area (TPSA) is 103 Å². The summed E-state index contributed by atoms with van der Waals surface area (Å²) in [5, 5.41) is 5.67. The van der Waals surface area contributed by atoms with Gasteiger partial charge in [0.15, 0.2) is 0 Å². The fourth-order valence-corrected chi connectivity index (χ4v) is 5.23. The summed E-state index contributed by atoms with van der Waals surface area (Å²) in [4.78, 5) is 18.8. The van der Waals surface area contributed by atoms with Crippen molar-refractivity contribution in [1.29, 1.82) is 0 Å². The van der Waals surface area contributed by atoms with Gasteiger partial charge in [-0.25, -0.2) is 17.9 Å². The molecule has 3 N–H and O–H groups in total. The van der Waals surface area contributed by atoms with Crippen LogP contribution in [0.3, 0.4) is 0 Å². The number of aryl methyl sites for hydroxylation is 2. The summed E-state index contributed by atoms with van der Waals surface area (Å²) < 4.78 is 40.5. The van der Waals surface area contributed by atoms with Gasteiger partial charge in [0, 0.05) is 36.7 Å². The second-order valence-electron chi connectivity index (χ2n) is 8.44. The maximum Gasteiger partial charge on any atom is 0.319 e. The molecular weight excluding hydrogens is 457 g/mol. The van der Waals surface area contributed by atoms with Crippen molar-refractivity contribution < 1.29 is 17.6 Å². The molecule has 0 atom stereocenters. The van der Waals surface area contributed by atoms with Crippen molar-refractivity contribution in [3.05, 3.63) is 53.9 Å². The molecule has 2 aromatic rings.